The zero-order chi connectivity index (χ0) is 15.4. The van der Waals surface area contributed by atoms with Crippen molar-refractivity contribution < 1.29 is 0 Å². The molecule has 0 unspecified atom stereocenters. The number of hydrogen-bond donors (Lipinski definition) is 0. The van der Waals surface area contributed by atoms with Gasteiger partial charge in [-0.3, -0.25) is 0 Å². The molecule has 2 aromatic carbocycles. The van der Waals surface area contributed by atoms with Crippen molar-refractivity contribution in [3.05, 3.63) is 65.6 Å². The van der Waals surface area contributed by atoms with Crippen LogP contribution in [-0.4, -0.2) is 25.5 Å². The van der Waals surface area contributed by atoms with Crippen LogP contribution in [0.25, 0.3) is 27.3 Å². The van der Waals surface area contributed by atoms with Gasteiger partial charge >= 0.3 is 0 Å². The molecule has 1 heterocycles. The van der Waals surface area contributed by atoms with Gasteiger partial charge < -0.3 is 4.90 Å². The molecule has 0 bridgehead atoms. The molecule has 0 aliphatic carbocycles. The van der Waals surface area contributed by atoms with Crippen LogP contribution in [0.4, 0.5) is 0 Å². The molecule has 0 N–H and O–H groups in total. The molecule has 0 radical (unpaired) electrons. The first-order valence-electron chi connectivity index (χ1n) is 7.64. The maximum Gasteiger partial charge on any atom is 0.0358 e. The van der Waals surface area contributed by atoms with Gasteiger partial charge in [-0.05, 0) is 38.2 Å². The van der Waals surface area contributed by atoms with Gasteiger partial charge in [-0.2, -0.15) is 0 Å². The van der Waals surface area contributed by atoms with Crippen LogP contribution in [0.5, 0.6) is 0 Å². The molecule has 2 heteroatoms. The minimum atomic E-state index is 1.08. The summed E-state index contributed by atoms with van der Waals surface area (Å²) in [7, 11) is 4.23. The van der Waals surface area contributed by atoms with Crippen LogP contribution >= 0.6 is 11.3 Å². The Balaban J connectivity index is 2.02. The van der Waals surface area contributed by atoms with E-state index in [0.29, 0.717) is 0 Å². The van der Waals surface area contributed by atoms with Gasteiger partial charge in [0.15, 0.2) is 0 Å². The first-order valence-corrected chi connectivity index (χ1v) is 8.45. The first-order chi connectivity index (χ1) is 10.8. The lowest BCUT2D eigenvalue weighted by atomic mass is 10.0. The summed E-state index contributed by atoms with van der Waals surface area (Å²) in [6, 6.07) is 19.4. The van der Waals surface area contributed by atoms with Crippen LogP contribution in [0, 0.1) is 0 Å². The number of thiophene rings is 1. The van der Waals surface area contributed by atoms with Gasteiger partial charge in [-0.1, -0.05) is 54.6 Å². The molecular formula is C20H21NS. The van der Waals surface area contributed by atoms with Gasteiger partial charge in [0.1, 0.15) is 0 Å². The molecule has 0 amide bonds. The largest absolute Gasteiger partial charge is 0.309 e. The quantitative estimate of drug-likeness (QED) is 0.599. The predicted octanol–water partition coefficient (Wildman–Crippen LogP) is 5.53. The standard InChI is InChI=1S/C20H21NS/c1-21(2)15-9-8-14-19-20(16-10-4-3-5-11-16)17-12-6-7-13-18(17)22-19/h3-8,10-14H,9,15H2,1-2H3/b14-8+. The molecule has 1 nitrogen and oxygen atoms in total. The van der Waals surface area contributed by atoms with Gasteiger partial charge in [0, 0.05) is 27.1 Å². The van der Waals surface area contributed by atoms with Gasteiger partial charge in [0.2, 0.25) is 0 Å². The summed E-state index contributed by atoms with van der Waals surface area (Å²) >= 11 is 1.88. The van der Waals surface area contributed by atoms with E-state index in [9.17, 15) is 0 Å². The van der Waals surface area contributed by atoms with Crippen LogP contribution in [0.3, 0.4) is 0 Å². The fourth-order valence-corrected chi connectivity index (χ4v) is 3.77. The van der Waals surface area contributed by atoms with E-state index in [1.807, 2.05) is 11.3 Å². The molecule has 112 valence electrons. The van der Waals surface area contributed by atoms with Crippen LogP contribution < -0.4 is 0 Å². The molecule has 0 saturated carbocycles. The Morgan fingerprint density at radius 1 is 0.955 bits per heavy atom. The second kappa shape index (κ2) is 6.91. The van der Waals surface area contributed by atoms with E-state index >= 15 is 0 Å². The Kier molecular flexibility index (Phi) is 4.71. The van der Waals surface area contributed by atoms with E-state index in [4.69, 9.17) is 0 Å². The van der Waals surface area contributed by atoms with E-state index < -0.39 is 0 Å². The summed E-state index contributed by atoms with van der Waals surface area (Å²) in [5, 5.41) is 1.35. The molecule has 0 fully saturated rings. The van der Waals surface area contributed by atoms with Gasteiger partial charge in [-0.15, -0.1) is 11.3 Å². The van der Waals surface area contributed by atoms with Crippen LogP contribution in [0.2, 0.25) is 0 Å². The van der Waals surface area contributed by atoms with Crippen LogP contribution in [0.1, 0.15) is 11.3 Å². The van der Waals surface area contributed by atoms with Crippen molar-refractivity contribution in [2.45, 2.75) is 6.42 Å². The minimum Gasteiger partial charge on any atom is -0.309 e. The van der Waals surface area contributed by atoms with Crippen molar-refractivity contribution in [1.29, 1.82) is 0 Å². The zero-order valence-electron chi connectivity index (χ0n) is 13.1. The third-order valence-electron chi connectivity index (χ3n) is 3.70. The third-order valence-corrected chi connectivity index (χ3v) is 4.83. The molecule has 0 spiro atoms. The summed E-state index contributed by atoms with van der Waals surface area (Å²) in [5.41, 5.74) is 2.66. The lowest BCUT2D eigenvalue weighted by molar-refractivity contribution is 0.417. The Labute approximate surface area is 136 Å². The molecule has 1 aromatic heterocycles. The molecule has 0 saturated heterocycles. The van der Waals surface area contributed by atoms with Crippen molar-refractivity contribution >= 4 is 27.5 Å². The number of fused-ring (bicyclic) bond motifs is 1. The highest BCUT2D eigenvalue weighted by Gasteiger charge is 2.11. The highest BCUT2D eigenvalue weighted by Crippen LogP contribution is 2.39. The Bertz CT molecular complexity index is 769. The number of benzene rings is 2. The predicted molar refractivity (Wildman–Crippen MR) is 99.5 cm³/mol. The first kappa shape index (κ1) is 15.0. The molecule has 3 rings (SSSR count). The molecule has 0 aliphatic heterocycles. The van der Waals surface area contributed by atoms with E-state index in [1.54, 1.807) is 0 Å². The second-order valence-corrected chi connectivity index (χ2v) is 6.78. The zero-order valence-corrected chi connectivity index (χ0v) is 13.9. The SMILES string of the molecule is CN(C)CC/C=C/c1sc2ccccc2c1-c1ccccc1. The Hall–Kier alpha value is -1.90. The highest BCUT2D eigenvalue weighted by atomic mass is 32.1. The third kappa shape index (κ3) is 3.29. The van der Waals surface area contributed by atoms with Gasteiger partial charge in [0.05, 0.1) is 0 Å². The molecule has 0 atom stereocenters. The molecule has 22 heavy (non-hydrogen) atoms. The van der Waals surface area contributed by atoms with E-state index in [0.717, 1.165) is 13.0 Å². The maximum atomic E-state index is 2.29. The fourth-order valence-electron chi connectivity index (χ4n) is 2.61. The average Bonchev–Trinajstić information content (AvgIpc) is 2.90. The Morgan fingerprint density at radius 3 is 2.45 bits per heavy atom. The van der Waals surface area contributed by atoms with Crippen LogP contribution in [-0.2, 0) is 0 Å². The minimum absolute atomic E-state index is 1.08. The topological polar surface area (TPSA) is 3.24 Å². The van der Waals surface area contributed by atoms with Crippen molar-refractivity contribution in [3.8, 4) is 11.1 Å². The highest BCUT2D eigenvalue weighted by molar-refractivity contribution is 7.20. The molecular weight excluding hydrogens is 286 g/mol. The van der Waals surface area contributed by atoms with E-state index in [2.05, 4.69) is 85.7 Å². The lowest BCUT2D eigenvalue weighted by Gasteiger charge is -2.06. The molecule has 0 aliphatic rings. The van der Waals surface area contributed by atoms with Crippen molar-refractivity contribution in [2.24, 2.45) is 0 Å². The second-order valence-electron chi connectivity index (χ2n) is 5.70. The van der Waals surface area contributed by atoms with Crippen molar-refractivity contribution in [2.75, 3.05) is 20.6 Å². The van der Waals surface area contributed by atoms with Gasteiger partial charge in [0.25, 0.3) is 0 Å². The number of hydrogen-bond acceptors (Lipinski definition) is 2. The van der Waals surface area contributed by atoms with Crippen molar-refractivity contribution in [3.63, 3.8) is 0 Å². The summed E-state index contributed by atoms with van der Waals surface area (Å²) in [6.45, 7) is 1.09. The maximum absolute atomic E-state index is 2.29. The normalized spacial score (nSPS) is 11.8. The van der Waals surface area contributed by atoms with Crippen LogP contribution in [0.15, 0.2) is 60.7 Å². The fraction of sp³-hybridized carbons (Fsp3) is 0.200. The lowest BCUT2D eigenvalue weighted by Crippen LogP contribution is -2.11. The summed E-state index contributed by atoms with van der Waals surface area (Å²) < 4.78 is 1.36. The summed E-state index contributed by atoms with van der Waals surface area (Å²) in [4.78, 5) is 3.57. The van der Waals surface area contributed by atoms with Gasteiger partial charge in [-0.25, -0.2) is 0 Å². The summed E-state index contributed by atoms with van der Waals surface area (Å²) in [6.07, 6.45) is 5.66. The summed E-state index contributed by atoms with van der Waals surface area (Å²) in [5.74, 6) is 0. The average molecular weight is 307 g/mol. The van der Waals surface area contributed by atoms with E-state index in [-0.39, 0.29) is 0 Å². The smallest absolute Gasteiger partial charge is 0.0358 e. The molecule has 3 aromatic rings. The van der Waals surface area contributed by atoms with Crippen molar-refractivity contribution in [1.82, 2.24) is 4.90 Å². The monoisotopic (exact) mass is 307 g/mol. The Morgan fingerprint density at radius 2 is 1.68 bits per heavy atom. The number of rotatable bonds is 5. The van der Waals surface area contributed by atoms with E-state index in [1.165, 1.54) is 26.1 Å². The number of nitrogens with zero attached hydrogens (tertiary/aromatic N) is 1.